The Hall–Kier alpha value is -1.20. The second kappa shape index (κ2) is 5.04. The number of halogens is 2. The van der Waals surface area contributed by atoms with Gasteiger partial charge in [-0.3, -0.25) is 0 Å². The van der Waals surface area contributed by atoms with E-state index in [1.165, 1.54) is 7.11 Å². The zero-order chi connectivity index (χ0) is 11.4. The predicted octanol–water partition coefficient (Wildman–Crippen LogP) is 1.23. The van der Waals surface area contributed by atoms with Gasteiger partial charge in [0, 0.05) is 18.2 Å². The Morgan fingerprint density at radius 3 is 2.60 bits per heavy atom. The number of nitrogens with one attached hydrogen (secondary N) is 1. The van der Waals surface area contributed by atoms with Crippen LogP contribution in [-0.4, -0.2) is 25.8 Å². The van der Waals surface area contributed by atoms with Crippen molar-refractivity contribution in [1.29, 1.82) is 0 Å². The van der Waals surface area contributed by atoms with E-state index in [0.29, 0.717) is 6.07 Å². The van der Waals surface area contributed by atoms with Gasteiger partial charge in [0.2, 0.25) is 0 Å². The predicted molar refractivity (Wildman–Crippen MR) is 51.8 cm³/mol. The molecular weight excluding hydrogens is 204 g/mol. The Morgan fingerprint density at radius 1 is 1.40 bits per heavy atom. The highest BCUT2D eigenvalue weighted by Crippen LogP contribution is 2.25. The van der Waals surface area contributed by atoms with Gasteiger partial charge >= 0.3 is 0 Å². The number of hydrogen-bond acceptors (Lipinski definition) is 3. The van der Waals surface area contributed by atoms with Crippen molar-refractivity contribution in [3.63, 3.8) is 0 Å². The molecule has 0 heterocycles. The zero-order valence-electron chi connectivity index (χ0n) is 8.55. The van der Waals surface area contributed by atoms with Gasteiger partial charge in [-0.1, -0.05) is 0 Å². The molecule has 5 heteroatoms. The van der Waals surface area contributed by atoms with Crippen LogP contribution < -0.4 is 10.1 Å². The first-order valence-electron chi connectivity index (χ1n) is 4.45. The van der Waals surface area contributed by atoms with Crippen LogP contribution in [-0.2, 0) is 0 Å². The van der Waals surface area contributed by atoms with Crippen molar-refractivity contribution in [2.45, 2.75) is 6.10 Å². The maximum Gasteiger partial charge on any atom is 0.167 e. The number of benzene rings is 1. The van der Waals surface area contributed by atoms with Crippen molar-refractivity contribution in [1.82, 2.24) is 5.32 Å². The van der Waals surface area contributed by atoms with Crippen LogP contribution in [0.15, 0.2) is 12.1 Å². The number of aliphatic hydroxyl groups is 1. The van der Waals surface area contributed by atoms with Crippen molar-refractivity contribution < 1.29 is 18.6 Å². The van der Waals surface area contributed by atoms with Gasteiger partial charge in [-0.05, 0) is 13.1 Å². The average molecular weight is 217 g/mol. The van der Waals surface area contributed by atoms with Crippen LogP contribution in [0.5, 0.6) is 5.75 Å². The van der Waals surface area contributed by atoms with E-state index < -0.39 is 17.7 Å². The number of aliphatic hydroxyl groups excluding tert-OH is 1. The molecule has 2 N–H and O–H groups in total. The molecule has 0 bridgehead atoms. The van der Waals surface area contributed by atoms with E-state index in [1.807, 2.05) is 0 Å². The third-order valence-electron chi connectivity index (χ3n) is 2.03. The van der Waals surface area contributed by atoms with E-state index in [0.717, 1.165) is 6.07 Å². The Labute approximate surface area is 86.7 Å². The lowest BCUT2D eigenvalue weighted by Crippen LogP contribution is -2.17. The van der Waals surface area contributed by atoms with Crippen LogP contribution in [0.2, 0.25) is 0 Å². The molecule has 1 atom stereocenters. The minimum Gasteiger partial charge on any atom is -0.494 e. The van der Waals surface area contributed by atoms with Crippen LogP contribution in [0.25, 0.3) is 0 Å². The van der Waals surface area contributed by atoms with Gasteiger partial charge in [0.15, 0.2) is 11.6 Å². The van der Waals surface area contributed by atoms with Crippen molar-refractivity contribution in [3.8, 4) is 5.75 Å². The quantitative estimate of drug-likeness (QED) is 0.797. The molecule has 15 heavy (non-hydrogen) atoms. The monoisotopic (exact) mass is 217 g/mol. The zero-order valence-corrected chi connectivity index (χ0v) is 8.55. The number of methoxy groups -OCH3 is 1. The van der Waals surface area contributed by atoms with E-state index in [4.69, 9.17) is 4.74 Å². The van der Waals surface area contributed by atoms with E-state index in [9.17, 15) is 13.9 Å². The fraction of sp³-hybridized carbons (Fsp3) is 0.400. The second-order valence-corrected chi connectivity index (χ2v) is 3.08. The van der Waals surface area contributed by atoms with Gasteiger partial charge in [-0.2, -0.15) is 0 Å². The molecule has 1 aromatic rings. The van der Waals surface area contributed by atoms with Crippen molar-refractivity contribution in [2.24, 2.45) is 0 Å². The molecule has 0 saturated heterocycles. The number of hydrogen-bond donors (Lipinski definition) is 2. The number of likely N-dealkylation sites (N-methyl/N-ethyl adjacent to an activating group) is 1. The first kappa shape index (κ1) is 11.9. The Bertz CT molecular complexity index is 344. The molecule has 0 fully saturated rings. The normalized spacial score (nSPS) is 12.6. The molecule has 0 aliphatic rings. The summed E-state index contributed by atoms with van der Waals surface area (Å²) in [5, 5.41) is 12.2. The fourth-order valence-electron chi connectivity index (χ4n) is 1.26. The largest absolute Gasteiger partial charge is 0.494 e. The van der Waals surface area contributed by atoms with Gasteiger partial charge in [0.05, 0.1) is 13.2 Å². The number of ether oxygens (including phenoxy) is 1. The lowest BCUT2D eigenvalue weighted by atomic mass is 10.1. The second-order valence-electron chi connectivity index (χ2n) is 3.08. The molecule has 0 radical (unpaired) electrons. The Balaban J connectivity index is 3.06. The van der Waals surface area contributed by atoms with Gasteiger partial charge in [-0.15, -0.1) is 0 Å². The highest BCUT2D eigenvalue weighted by Gasteiger charge is 2.16. The van der Waals surface area contributed by atoms with E-state index in [2.05, 4.69) is 5.32 Å². The number of rotatable bonds is 4. The summed E-state index contributed by atoms with van der Waals surface area (Å²) in [5.41, 5.74) is 0.0163. The summed E-state index contributed by atoms with van der Waals surface area (Å²) >= 11 is 0. The average Bonchev–Trinajstić information content (AvgIpc) is 2.18. The topological polar surface area (TPSA) is 41.5 Å². The highest BCUT2D eigenvalue weighted by atomic mass is 19.1. The van der Waals surface area contributed by atoms with E-state index in [-0.39, 0.29) is 17.9 Å². The summed E-state index contributed by atoms with van der Waals surface area (Å²) in [6.45, 7) is 0.186. The third kappa shape index (κ3) is 2.64. The molecule has 84 valence electrons. The molecular formula is C10H13F2NO2. The van der Waals surface area contributed by atoms with Gasteiger partial charge in [-0.25, -0.2) is 8.78 Å². The highest BCUT2D eigenvalue weighted by molar-refractivity contribution is 5.33. The third-order valence-corrected chi connectivity index (χ3v) is 2.03. The van der Waals surface area contributed by atoms with Gasteiger partial charge in [0.1, 0.15) is 5.82 Å². The minimum absolute atomic E-state index is 0.0163. The van der Waals surface area contributed by atoms with Crippen molar-refractivity contribution >= 4 is 0 Å². The molecule has 3 nitrogen and oxygen atoms in total. The van der Waals surface area contributed by atoms with Crippen LogP contribution in [0, 0.1) is 11.6 Å². The molecule has 1 unspecified atom stereocenters. The maximum absolute atomic E-state index is 13.3. The molecule has 0 aliphatic heterocycles. The van der Waals surface area contributed by atoms with Crippen LogP contribution in [0.1, 0.15) is 11.7 Å². The Morgan fingerprint density at radius 2 is 2.07 bits per heavy atom. The van der Waals surface area contributed by atoms with Gasteiger partial charge in [0.25, 0.3) is 0 Å². The maximum atomic E-state index is 13.3. The van der Waals surface area contributed by atoms with Crippen LogP contribution in [0.3, 0.4) is 0 Å². The van der Waals surface area contributed by atoms with Crippen molar-refractivity contribution in [3.05, 3.63) is 29.3 Å². The summed E-state index contributed by atoms with van der Waals surface area (Å²) in [6.07, 6.45) is -1.02. The fourth-order valence-corrected chi connectivity index (χ4v) is 1.26. The molecule has 1 rings (SSSR count). The smallest absolute Gasteiger partial charge is 0.167 e. The first-order valence-corrected chi connectivity index (χ1v) is 4.45. The van der Waals surface area contributed by atoms with Crippen molar-refractivity contribution in [2.75, 3.05) is 20.7 Å². The van der Waals surface area contributed by atoms with Crippen LogP contribution >= 0.6 is 0 Å². The summed E-state index contributed by atoms with van der Waals surface area (Å²) in [5.74, 6) is -1.65. The lowest BCUT2D eigenvalue weighted by molar-refractivity contribution is 0.172. The molecule has 0 aromatic heterocycles. The van der Waals surface area contributed by atoms with E-state index >= 15 is 0 Å². The SMILES string of the molecule is CNCC(O)c1cc(OC)c(F)cc1F. The molecule has 1 aromatic carbocycles. The summed E-state index contributed by atoms with van der Waals surface area (Å²) in [4.78, 5) is 0. The summed E-state index contributed by atoms with van der Waals surface area (Å²) < 4.78 is 31.0. The molecule has 0 amide bonds. The Kier molecular flexibility index (Phi) is 3.99. The summed E-state index contributed by atoms with van der Waals surface area (Å²) in [7, 11) is 2.91. The molecule has 0 saturated carbocycles. The van der Waals surface area contributed by atoms with E-state index in [1.54, 1.807) is 7.05 Å². The van der Waals surface area contributed by atoms with Gasteiger partial charge < -0.3 is 15.2 Å². The standard InChI is InChI=1S/C10H13F2NO2/c1-13-5-9(14)6-3-10(15-2)8(12)4-7(6)11/h3-4,9,13-14H,5H2,1-2H3. The lowest BCUT2D eigenvalue weighted by Gasteiger charge is -2.13. The summed E-state index contributed by atoms with van der Waals surface area (Å²) in [6, 6.07) is 1.86. The first-order chi connectivity index (χ1) is 7.10. The molecule has 0 spiro atoms. The van der Waals surface area contributed by atoms with Crippen LogP contribution in [0.4, 0.5) is 8.78 Å². The minimum atomic E-state index is -1.02. The molecule has 0 aliphatic carbocycles.